The highest BCUT2D eigenvalue weighted by Gasteiger charge is 2.27. The van der Waals surface area contributed by atoms with Gasteiger partial charge in [-0.25, -0.2) is 4.68 Å². The van der Waals surface area contributed by atoms with E-state index in [1.807, 2.05) is 29.2 Å². The van der Waals surface area contributed by atoms with Crippen LogP contribution in [0, 0.1) is 0 Å². The summed E-state index contributed by atoms with van der Waals surface area (Å²) < 4.78 is 1.72. The molecule has 4 rings (SSSR count). The van der Waals surface area contributed by atoms with Crippen molar-refractivity contribution in [1.29, 1.82) is 0 Å². The summed E-state index contributed by atoms with van der Waals surface area (Å²) in [7, 11) is 0. The van der Waals surface area contributed by atoms with Crippen LogP contribution in [0.3, 0.4) is 0 Å². The molecule has 0 unspecified atom stereocenters. The molecule has 0 atom stereocenters. The van der Waals surface area contributed by atoms with Crippen LogP contribution in [0.4, 0.5) is 0 Å². The van der Waals surface area contributed by atoms with Crippen LogP contribution in [-0.2, 0) is 6.54 Å². The van der Waals surface area contributed by atoms with Crippen LogP contribution in [0.1, 0.15) is 48.2 Å². The van der Waals surface area contributed by atoms with Crippen LogP contribution in [0.25, 0.3) is 6.08 Å². The van der Waals surface area contributed by atoms with Gasteiger partial charge in [0.1, 0.15) is 0 Å². The lowest BCUT2D eigenvalue weighted by Gasteiger charge is -2.27. The normalized spacial score (nSPS) is 19.4. The topological polar surface area (TPSA) is 54.3 Å². The molecule has 2 fully saturated rings. The fourth-order valence-corrected chi connectivity index (χ4v) is 4.28. The van der Waals surface area contributed by atoms with Crippen molar-refractivity contribution in [3.05, 3.63) is 53.9 Å². The van der Waals surface area contributed by atoms with Crippen molar-refractivity contribution in [3.8, 4) is 0 Å². The minimum atomic E-state index is 0.00607. The Morgan fingerprint density at radius 2 is 1.86 bits per heavy atom. The second-order valence-corrected chi connectivity index (χ2v) is 7.76. The summed E-state index contributed by atoms with van der Waals surface area (Å²) in [5, 5.41) is 8.24. The van der Waals surface area contributed by atoms with Gasteiger partial charge in [0.15, 0.2) is 5.69 Å². The Balaban J connectivity index is 1.31. The van der Waals surface area contributed by atoms with E-state index in [1.54, 1.807) is 10.9 Å². The first-order chi connectivity index (χ1) is 13.8. The van der Waals surface area contributed by atoms with E-state index in [1.165, 1.54) is 25.7 Å². The molecule has 2 heterocycles. The summed E-state index contributed by atoms with van der Waals surface area (Å²) in [6, 6.07) is 10.9. The number of rotatable bonds is 5. The zero-order chi connectivity index (χ0) is 19.2. The van der Waals surface area contributed by atoms with Gasteiger partial charge in [0, 0.05) is 32.2 Å². The van der Waals surface area contributed by atoms with E-state index in [0.29, 0.717) is 12.2 Å². The van der Waals surface area contributed by atoms with Gasteiger partial charge in [0.25, 0.3) is 5.91 Å². The lowest BCUT2D eigenvalue weighted by molar-refractivity contribution is 0.0752. The maximum atomic E-state index is 12.9. The highest BCUT2D eigenvalue weighted by Crippen LogP contribution is 2.24. The Morgan fingerprint density at radius 3 is 2.68 bits per heavy atom. The van der Waals surface area contributed by atoms with Crippen LogP contribution in [-0.4, -0.2) is 62.9 Å². The van der Waals surface area contributed by atoms with Crippen molar-refractivity contribution in [2.75, 3.05) is 26.2 Å². The first kappa shape index (κ1) is 18.9. The smallest absolute Gasteiger partial charge is 0.276 e. The van der Waals surface area contributed by atoms with Gasteiger partial charge in [-0.2, -0.15) is 0 Å². The molecule has 1 aliphatic carbocycles. The maximum Gasteiger partial charge on any atom is 0.276 e. The third-order valence-corrected chi connectivity index (χ3v) is 5.82. The van der Waals surface area contributed by atoms with Crippen molar-refractivity contribution in [2.45, 2.75) is 44.7 Å². The number of aromatic nitrogens is 3. The molecular weight excluding hydrogens is 350 g/mol. The molecule has 1 aromatic carbocycles. The number of allylic oxidation sites excluding steroid dienone is 1. The quantitative estimate of drug-likeness (QED) is 0.801. The monoisotopic (exact) mass is 379 g/mol. The Kier molecular flexibility index (Phi) is 6.17. The molecule has 6 heteroatoms. The van der Waals surface area contributed by atoms with Crippen molar-refractivity contribution in [2.24, 2.45) is 0 Å². The molecule has 0 spiro atoms. The molecule has 1 amide bonds. The van der Waals surface area contributed by atoms with Crippen LogP contribution in [0.15, 0.2) is 42.6 Å². The molecule has 0 N–H and O–H groups in total. The number of amides is 1. The van der Waals surface area contributed by atoms with Gasteiger partial charge in [0.2, 0.25) is 0 Å². The third kappa shape index (κ3) is 4.68. The fourth-order valence-electron chi connectivity index (χ4n) is 4.28. The SMILES string of the molecule is O=C(c1cn(C/C=C/c2ccccc2)nn1)N1CCCN(C2CCCC2)CC1. The summed E-state index contributed by atoms with van der Waals surface area (Å²) in [4.78, 5) is 17.4. The number of hydrogen-bond acceptors (Lipinski definition) is 4. The van der Waals surface area contributed by atoms with Gasteiger partial charge in [-0.1, -0.05) is 60.5 Å². The summed E-state index contributed by atoms with van der Waals surface area (Å²) in [5.41, 5.74) is 1.60. The minimum Gasteiger partial charge on any atom is -0.336 e. The molecule has 2 aromatic rings. The molecule has 28 heavy (non-hydrogen) atoms. The average molecular weight is 380 g/mol. The van der Waals surface area contributed by atoms with E-state index in [-0.39, 0.29) is 5.91 Å². The summed E-state index contributed by atoms with van der Waals surface area (Å²) >= 11 is 0. The van der Waals surface area contributed by atoms with E-state index in [4.69, 9.17) is 0 Å². The Bertz CT molecular complexity index is 794. The van der Waals surface area contributed by atoms with Crippen LogP contribution in [0.5, 0.6) is 0 Å². The first-order valence-corrected chi connectivity index (χ1v) is 10.4. The predicted molar refractivity (Wildman–Crippen MR) is 110 cm³/mol. The number of nitrogens with zero attached hydrogens (tertiary/aromatic N) is 5. The van der Waals surface area contributed by atoms with Crippen LogP contribution >= 0.6 is 0 Å². The molecule has 148 valence electrons. The molecule has 1 saturated carbocycles. The van der Waals surface area contributed by atoms with Crippen molar-refractivity contribution < 1.29 is 4.79 Å². The number of carbonyl (C=O) groups is 1. The van der Waals surface area contributed by atoms with Gasteiger partial charge in [0.05, 0.1) is 12.7 Å². The van der Waals surface area contributed by atoms with Gasteiger partial charge >= 0.3 is 0 Å². The largest absolute Gasteiger partial charge is 0.336 e. The zero-order valence-corrected chi connectivity index (χ0v) is 16.4. The average Bonchev–Trinajstić information content (AvgIpc) is 3.37. The molecule has 1 saturated heterocycles. The van der Waals surface area contributed by atoms with E-state index in [9.17, 15) is 4.79 Å². The summed E-state index contributed by atoms with van der Waals surface area (Å²) in [5.74, 6) is 0.00607. The fraction of sp³-hybridized carbons (Fsp3) is 0.500. The number of hydrogen-bond donors (Lipinski definition) is 0. The van der Waals surface area contributed by atoms with E-state index in [2.05, 4.69) is 33.4 Å². The molecule has 2 aliphatic rings. The first-order valence-electron chi connectivity index (χ1n) is 10.4. The lowest BCUT2D eigenvalue weighted by Crippen LogP contribution is -2.38. The summed E-state index contributed by atoms with van der Waals surface area (Å²) in [6.07, 6.45) is 12.2. The lowest BCUT2D eigenvalue weighted by atomic mass is 10.2. The number of benzene rings is 1. The van der Waals surface area contributed by atoms with Gasteiger partial charge in [-0.15, -0.1) is 5.10 Å². The standard InChI is InChI=1S/C22H29N5O/c28-22(26-14-7-13-25(16-17-26)20-11-4-5-12-20)21-18-27(24-23-21)15-6-10-19-8-2-1-3-9-19/h1-3,6,8-10,18,20H,4-5,7,11-17H2/b10-6+. The van der Waals surface area contributed by atoms with Crippen molar-refractivity contribution in [3.63, 3.8) is 0 Å². The minimum absolute atomic E-state index is 0.00607. The van der Waals surface area contributed by atoms with E-state index < -0.39 is 0 Å². The molecule has 1 aromatic heterocycles. The highest BCUT2D eigenvalue weighted by atomic mass is 16.2. The van der Waals surface area contributed by atoms with Gasteiger partial charge in [-0.3, -0.25) is 9.69 Å². The Morgan fingerprint density at radius 1 is 1.04 bits per heavy atom. The molecule has 1 aliphatic heterocycles. The van der Waals surface area contributed by atoms with E-state index >= 15 is 0 Å². The molecule has 6 nitrogen and oxygen atoms in total. The maximum absolute atomic E-state index is 12.9. The summed E-state index contributed by atoms with van der Waals surface area (Å²) in [6.45, 7) is 4.28. The zero-order valence-electron chi connectivity index (χ0n) is 16.4. The van der Waals surface area contributed by atoms with Crippen molar-refractivity contribution >= 4 is 12.0 Å². The molecule has 0 radical (unpaired) electrons. The second kappa shape index (κ2) is 9.15. The number of carbonyl (C=O) groups excluding carboxylic acids is 1. The Labute approximate surface area is 166 Å². The van der Waals surface area contributed by atoms with Gasteiger partial charge < -0.3 is 4.90 Å². The second-order valence-electron chi connectivity index (χ2n) is 7.76. The van der Waals surface area contributed by atoms with E-state index in [0.717, 1.165) is 44.2 Å². The predicted octanol–water partition coefficient (Wildman–Crippen LogP) is 3.08. The van der Waals surface area contributed by atoms with Crippen LogP contribution < -0.4 is 0 Å². The van der Waals surface area contributed by atoms with Crippen molar-refractivity contribution in [1.82, 2.24) is 24.8 Å². The third-order valence-electron chi connectivity index (χ3n) is 5.82. The van der Waals surface area contributed by atoms with Gasteiger partial charge in [-0.05, 0) is 24.8 Å². The Hall–Kier alpha value is -2.47. The molecule has 0 bridgehead atoms. The highest BCUT2D eigenvalue weighted by molar-refractivity contribution is 5.91. The molecular formula is C22H29N5O. The van der Waals surface area contributed by atoms with Crippen LogP contribution in [0.2, 0.25) is 0 Å².